The molecule has 3 aromatic rings. The number of amides is 1. The second kappa shape index (κ2) is 7.92. The summed E-state index contributed by atoms with van der Waals surface area (Å²) in [5, 5.41) is 0. The number of carbonyl (C=O) groups is 1. The summed E-state index contributed by atoms with van der Waals surface area (Å²) < 4.78 is 19.1. The van der Waals surface area contributed by atoms with Gasteiger partial charge in [0.25, 0.3) is 5.91 Å². The van der Waals surface area contributed by atoms with Gasteiger partial charge in [0.1, 0.15) is 23.3 Å². The van der Waals surface area contributed by atoms with Gasteiger partial charge in [0, 0.05) is 19.2 Å². The van der Waals surface area contributed by atoms with E-state index in [1.54, 1.807) is 24.5 Å². The van der Waals surface area contributed by atoms with Crippen molar-refractivity contribution in [2.45, 2.75) is 38.6 Å². The van der Waals surface area contributed by atoms with Gasteiger partial charge in [0.05, 0.1) is 6.20 Å². The van der Waals surface area contributed by atoms with Crippen LogP contribution in [0.5, 0.6) is 0 Å². The van der Waals surface area contributed by atoms with E-state index >= 15 is 0 Å². The van der Waals surface area contributed by atoms with Gasteiger partial charge in [-0.2, -0.15) is 0 Å². The third-order valence-corrected chi connectivity index (χ3v) is 5.12. The molecule has 28 heavy (non-hydrogen) atoms. The molecule has 0 saturated carbocycles. The zero-order chi connectivity index (χ0) is 19.5. The summed E-state index contributed by atoms with van der Waals surface area (Å²) in [4.78, 5) is 23.6. The number of carbonyl (C=O) groups excluding carboxylic acids is 1. The molecule has 0 N–H and O–H groups in total. The molecule has 0 radical (unpaired) electrons. The lowest BCUT2D eigenvalue weighted by Gasteiger charge is -2.33. The molecular weight excluding hydrogens is 357 g/mol. The number of pyridine rings is 1. The normalized spacial score (nSPS) is 16.9. The van der Waals surface area contributed by atoms with Crippen molar-refractivity contribution in [2.24, 2.45) is 0 Å². The maximum Gasteiger partial charge on any atom is 0.273 e. The van der Waals surface area contributed by atoms with Crippen LogP contribution in [0.2, 0.25) is 0 Å². The molecule has 1 aliphatic heterocycles. The maximum atomic E-state index is 13.1. The largest absolute Gasteiger partial charge is 0.443 e. The Morgan fingerprint density at radius 2 is 2.04 bits per heavy atom. The zero-order valence-electron chi connectivity index (χ0n) is 15.8. The van der Waals surface area contributed by atoms with E-state index in [2.05, 4.69) is 9.97 Å². The third-order valence-electron chi connectivity index (χ3n) is 5.12. The SMILES string of the molecule is Cc1cccnc1C(=O)N1CCCC[C@@H]1c1ncc(Cc2ccc(F)cc2)o1. The van der Waals surface area contributed by atoms with Crippen LogP contribution in [0.1, 0.15) is 58.6 Å². The van der Waals surface area contributed by atoms with E-state index in [4.69, 9.17) is 4.42 Å². The number of likely N-dealkylation sites (tertiary alicyclic amines) is 1. The van der Waals surface area contributed by atoms with Crippen LogP contribution in [0.4, 0.5) is 4.39 Å². The molecule has 5 nitrogen and oxygen atoms in total. The average molecular weight is 379 g/mol. The minimum atomic E-state index is -0.261. The number of hydrogen-bond donors (Lipinski definition) is 0. The Hall–Kier alpha value is -3.02. The van der Waals surface area contributed by atoms with Gasteiger partial charge in [-0.15, -0.1) is 0 Å². The van der Waals surface area contributed by atoms with Gasteiger partial charge in [0.15, 0.2) is 0 Å². The van der Waals surface area contributed by atoms with Crippen LogP contribution in [-0.4, -0.2) is 27.3 Å². The number of halogens is 1. The van der Waals surface area contributed by atoms with E-state index in [-0.39, 0.29) is 17.8 Å². The number of nitrogens with zero attached hydrogens (tertiary/aromatic N) is 3. The highest BCUT2D eigenvalue weighted by molar-refractivity contribution is 5.93. The number of benzene rings is 1. The van der Waals surface area contributed by atoms with Crippen LogP contribution in [-0.2, 0) is 6.42 Å². The third kappa shape index (κ3) is 3.81. The van der Waals surface area contributed by atoms with Gasteiger partial charge < -0.3 is 9.32 Å². The van der Waals surface area contributed by atoms with Crippen LogP contribution >= 0.6 is 0 Å². The van der Waals surface area contributed by atoms with E-state index in [1.807, 2.05) is 24.0 Å². The monoisotopic (exact) mass is 379 g/mol. The first-order chi connectivity index (χ1) is 13.6. The van der Waals surface area contributed by atoms with Gasteiger partial charge in [-0.25, -0.2) is 9.37 Å². The van der Waals surface area contributed by atoms with Crippen molar-refractivity contribution in [1.29, 1.82) is 0 Å². The van der Waals surface area contributed by atoms with Gasteiger partial charge in [0.2, 0.25) is 5.89 Å². The molecule has 0 aliphatic carbocycles. The molecular formula is C22H22FN3O2. The topological polar surface area (TPSA) is 59.2 Å². The van der Waals surface area contributed by atoms with Crippen molar-refractivity contribution in [2.75, 3.05) is 6.54 Å². The van der Waals surface area contributed by atoms with Gasteiger partial charge in [-0.05, 0) is 55.5 Å². The summed E-state index contributed by atoms with van der Waals surface area (Å²) in [7, 11) is 0. The molecule has 1 saturated heterocycles. The Labute approximate surface area is 163 Å². The predicted molar refractivity (Wildman–Crippen MR) is 102 cm³/mol. The Morgan fingerprint density at radius 1 is 1.21 bits per heavy atom. The number of piperidine rings is 1. The fourth-order valence-electron chi connectivity index (χ4n) is 3.64. The highest BCUT2D eigenvalue weighted by atomic mass is 19.1. The minimum absolute atomic E-state index is 0.0823. The standard InChI is InChI=1S/C22H22FN3O2/c1-15-5-4-11-24-20(15)22(27)26-12-3-2-6-19(26)21-25-14-18(28-21)13-16-7-9-17(23)10-8-16/h4-5,7-11,14,19H,2-3,6,12-13H2,1H3/t19-/m1/s1. The maximum absolute atomic E-state index is 13.1. The molecule has 0 bridgehead atoms. The zero-order valence-corrected chi connectivity index (χ0v) is 15.8. The second-order valence-corrected chi connectivity index (χ2v) is 7.15. The lowest BCUT2D eigenvalue weighted by molar-refractivity contribution is 0.0563. The molecule has 1 amide bonds. The molecule has 2 aromatic heterocycles. The highest BCUT2D eigenvalue weighted by Gasteiger charge is 2.33. The molecule has 6 heteroatoms. The molecule has 4 rings (SSSR count). The lowest BCUT2D eigenvalue weighted by Crippen LogP contribution is -2.39. The van der Waals surface area contributed by atoms with E-state index in [1.165, 1.54) is 12.1 Å². The summed E-state index contributed by atoms with van der Waals surface area (Å²) in [5.74, 6) is 0.914. The summed E-state index contributed by atoms with van der Waals surface area (Å²) in [6, 6.07) is 9.87. The van der Waals surface area contributed by atoms with Crippen molar-refractivity contribution in [3.63, 3.8) is 0 Å². The number of aromatic nitrogens is 2. The van der Waals surface area contributed by atoms with E-state index in [9.17, 15) is 9.18 Å². The number of hydrogen-bond acceptors (Lipinski definition) is 4. The Bertz CT molecular complexity index is 968. The predicted octanol–water partition coefficient (Wildman–Crippen LogP) is 4.48. The van der Waals surface area contributed by atoms with E-state index in [0.29, 0.717) is 30.3 Å². The van der Waals surface area contributed by atoms with Crippen LogP contribution in [0.15, 0.2) is 53.2 Å². The van der Waals surface area contributed by atoms with Crippen molar-refractivity contribution in [3.8, 4) is 0 Å². The molecule has 1 atom stereocenters. The number of rotatable bonds is 4. The minimum Gasteiger partial charge on any atom is -0.443 e. The molecule has 1 aromatic carbocycles. The Morgan fingerprint density at radius 3 is 2.82 bits per heavy atom. The summed E-state index contributed by atoms with van der Waals surface area (Å²) >= 11 is 0. The highest BCUT2D eigenvalue weighted by Crippen LogP contribution is 2.32. The smallest absolute Gasteiger partial charge is 0.273 e. The van der Waals surface area contributed by atoms with Crippen LogP contribution in [0.3, 0.4) is 0 Å². The molecule has 1 aliphatic rings. The van der Waals surface area contributed by atoms with Crippen LogP contribution in [0, 0.1) is 12.7 Å². The first kappa shape index (κ1) is 18.3. The van der Waals surface area contributed by atoms with E-state index < -0.39 is 0 Å². The van der Waals surface area contributed by atoms with Gasteiger partial charge >= 0.3 is 0 Å². The summed E-state index contributed by atoms with van der Waals surface area (Å²) in [6.07, 6.45) is 6.66. The van der Waals surface area contributed by atoms with Gasteiger partial charge in [-0.1, -0.05) is 18.2 Å². The van der Waals surface area contributed by atoms with Crippen LogP contribution in [0.25, 0.3) is 0 Å². The Kier molecular flexibility index (Phi) is 5.19. The van der Waals surface area contributed by atoms with Gasteiger partial charge in [-0.3, -0.25) is 9.78 Å². The number of oxazole rings is 1. The summed E-state index contributed by atoms with van der Waals surface area (Å²) in [6.45, 7) is 2.56. The summed E-state index contributed by atoms with van der Waals surface area (Å²) in [5.41, 5.74) is 2.29. The van der Waals surface area contributed by atoms with E-state index in [0.717, 1.165) is 30.4 Å². The molecule has 0 unspecified atom stereocenters. The van der Waals surface area contributed by atoms with Crippen LogP contribution < -0.4 is 0 Å². The molecule has 1 fully saturated rings. The fraction of sp³-hybridized carbons (Fsp3) is 0.318. The van der Waals surface area contributed by atoms with Crippen molar-refractivity contribution in [1.82, 2.24) is 14.9 Å². The van der Waals surface area contributed by atoms with Crippen molar-refractivity contribution >= 4 is 5.91 Å². The number of aryl methyl sites for hydroxylation is 1. The quantitative estimate of drug-likeness (QED) is 0.671. The molecule has 3 heterocycles. The van der Waals surface area contributed by atoms with Crippen molar-refractivity contribution < 1.29 is 13.6 Å². The van der Waals surface area contributed by atoms with Crippen molar-refractivity contribution in [3.05, 3.63) is 83.1 Å². The molecule has 144 valence electrons. The second-order valence-electron chi connectivity index (χ2n) is 7.15. The average Bonchev–Trinajstić information content (AvgIpc) is 3.18. The molecule has 0 spiro atoms. The Balaban J connectivity index is 1.55. The fourth-order valence-corrected chi connectivity index (χ4v) is 3.64. The first-order valence-electron chi connectivity index (χ1n) is 9.53. The first-order valence-corrected chi connectivity index (χ1v) is 9.53. The lowest BCUT2D eigenvalue weighted by atomic mass is 10.0.